The Morgan fingerprint density at radius 1 is 1.05 bits per heavy atom. The first-order chi connectivity index (χ1) is 10.1. The lowest BCUT2D eigenvalue weighted by molar-refractivity contribution is 0.249. The van der Waals surface area contributed by atoms with Crippen LogP contribution < -0.4 is 10.6 Å². The Kier molecular flexibility index (Phi) is 4.29. The summed E-state index contributed by atoms with van der Waals surface area (Å²) in [5, 5.41) is 0. The standard InChI is InChI=1S/C16H23F2N3/c17-13-9-14(18)16(19)15(10-13)21-7-3-12(4-8-21)11-20-5-1-2-6-20/h9-10,12H,1-8,11,19H2. The van der Waals surface area contributed by atoms with Crippen molar-refractivity contribution in [3.05, 3.63) is 23.8 Å². The molecule has 2 heterocycles. The minimum absolute atomic E-state index is 0.0643. The molecule has 0 amide bonds. The number of nitrogens with zero attached hydrogens (tertiary/aromatic N) is 2. The molecule has 1 aromatic carbocycles. The third-order valence-electron chi connectivity index (χ3n) is 4.74. The van der Waals surface area contributed by atoms with Crippen LogP contribution in [0.15, 0.2) is 12.1 Å². The summed E-state index contributed by atoms with van der Waals surface area (Å²) < 4.78 is 26.9. The molecule has 21 heavy (non-hydrogen) atoms. The Morgan fingerprint density at radius 2 is 1.71 bits per heavy atom. The molecular weight excluding hydrogens is 272 g/mol. The van der Waals surface area contributed by atoms with Crippen molar-refractivity contribution in [2.75, 3.05) is 43.4 Å². The van der Waals surface area contributed by atoms with Crippen LogP contribution in [0, 0.1) is 17.6 Å². The second-order valence-electron chi connectivity index (χ2n) is 6.26. The highest BCUT2D eigenvalue weighted by Crippen LogP contribution is 2.31. The molecule has 2 fully saturated rings. The van der Waals surface area contributed by atoms with E-state index in [1.165, 1.54) is 38.5 Å². The van der Waals surface area contributed by atoms with Crippen molar-refractivity contribution in [3.63, 3.8) is 0 Å². The molecule has 0 atom stereocenters. The van der Waals surface area contributed by atoms with Crippen molar-refractivity contribution in [1.29, 1.82) is 0 Å². The van der Waals surface area contributed by atoms with Gasteiger partial charge >= 0.3 is 0 Å². The lowest BCUT2D eigenvalue weighted by Gasteiger charge is -2.35. The fourth-order valence-corrected chi connectivity index (χ4v) is 3.52. The summed E-state index contributed by atoms with van der Waals surface area (Å²) in [5.74, 6) is -0.529. The van der Waals surface area contributed by atoms with Gasteiger partial charge in [-0.25, -0.2) is 8.78 Å². The zero-order chi connectivity index (χ0) is 14.8. The van der Waals surface area contributed by atoms with E-state index in [1.807, 2.05) is 4.90 Å². The van der Waals surface area contributed by atoms with E-state index in [1.54, 1.807) is 0 Å². The van der Waals surface area contributed by atoms with Gasteiger partial charge in [0, 0.05) is 25.7 Å². The topological polar surface area (TPSA) is 32.5 Å². The summed E-state index contributed by atoms with van der Waals surface area (Å²) in [6.45, 7) is 5.27. The molecule has 2 aliphatic heterocycles. The first kappa shape index (κ1) is 14.6. The van der Waals surface area contributed by atoms with Crippen LogP contribution in [0.1, 0.15) is 25.7 Å². The molecular formula is C16H23F2N3. The van der Waals surface area contributed by atoms with E-state index in [0.29, 0.717) is 11.6 Å². The number of anilines is 2. The maximum atomic E-state index is 13.5. The number of benzene rings is 1. The Hall–Kier alpha value is -1.36. The summed E-state index contributed by atoms with van der Waals surface area (Å²) in [7, 11) is 0. The van der Waals surface area contributed by atoms with Crippen LogP contribution in [0.3, 0.4) is 0 Å². The van der Waals surface area contributed by atoms with Crippen molar-refractivity contribution in [2.45, 2.75) is 25.7 Å². The van der Waals surface area contributed by atoms with Crippen molar-refractivity contribution >= 4 is 11.4 Å². The Morgan fingerprint density at radius 3 is 2.38 bits per heavy atom. The Bertz CT molecular complexity index is 493. The summed E-state index contributed by atoms with van der Waals surface area (Å²) in [5.41, 5.74) is 6.33. The SMILES string of the molecule is Nc1c(F)cc(F)cc1N1CCC(CN2CCCC2)CC1. The van der Waals surface area contributed by atoms with Gasteiger partial charge in [0.15, 0.2) is 5.82 Å². The molecule has 0 aliphatic carbocycles. The highest BCUT2D eigenvalue weighted by Gasteiger charge is 2.24. The highest BCUT2D eigenvalue weighted by atomic mass is 19.1. The second kappa shape index (κ2) is 6.18. The molecule has 0 bridgehead atoms. The van der Waals surface area contributed by atoms with Crippen molar-refractivity contribution in [3.8, 4) is 0 Å². The van der Waals surface area contributed by atoms with Crippen LogP contribution in [-0.2, 0) is 0 Å². The van der Waals surface area contributed by atoms with Gasteiger partial charge < -0.3 is 15.5 Å². The third kappa shape index (κ3) is 3.28. The summed E-state index contributed by atoms with van der Waals surface area (Å²) in [6, 6.07) is 2.19. The molecule has 5 heteroatoms. The van der Waals surface area contributed by atoms with Gasteiger partial charge in [-0.2, -0.15) is 0 Å². The summed E-state index contributed by atoms with van der Waals surface area (Å²) >= 11 is 0. The fraction of sp³-hybridized carbons (Fsp3) is 0.625. The predicted molar refractivity (Wildman–Crippen MR) is 81.4 cm³/mol. The third-order valence-corrected chi connectivity index (χ3v) is 4.74. The van der Waals surface area contributed by atoms with E-state index >= 15 is 0 Å². The summed E-state index contributed by atoms with van der Waals surface area (Å²) in [6.07, 6.45) is 4.76. The maximum absolute atomic E-state index is 13.5. The second-order valence-corrected chi connectivity index (χ2v) is 6.26. The lowest BCUT2D eigenvalue weighted by Crippen LogP contribution is -2.38. The highest BCUT2D eigenvalue weighted by molar-refractivity contribution is 5.68. The maximum Gasteiger partial charge on any atom is 0.151 e. The zero-order valence-electron chi connectivity index (χ0n) is 12.3. The van der Waals surface area contributed by atoms with Gasteiger partial charge in [0.2, 0.25) is 0 Å². The number of nitrogens with two attached hydrogens (primary N) is 1. The average Bonchev–Trinajstić information content (AvgIpc) is 2.97. The van der Waals surface area contributed by atoms with Gasteiger partial charge in [-0.05, 0) is 50.8 Å². The smallest absolute Gasteiger partial charge is 0.151 e. The van der Waals surface area contributed by atoms with Gasteiger partial charge in [0.05, 0.1) is 11.4 Å². The van der Waals surface area contributed by atoms with Gasteiger partial charge in [0.25, 0.3) is 0 Å². The number of rotatable bonds is 3. The Balaban J connectivity index is 1.60. The van der Waals surface area contributed by atoms with Crippen LogP contribution in [0.25, 0.3) is 0 Å². The molecule has 0 unspecified atom stereocenters. The van der Waals surface area contributed by atoms with E-state index in [9.17, 15) is 8.78 Å². The van der Waals surface area contributed by atoms with Crippen LogP contribution in [0.2, 0.25) is 0 Å². The fourth-order valence-electron chi connectivity index (χ4n) is 3.52. The van der Waals surface area contributed by atoms with Crippen LogP contribution in [0.5, 0.6) is 0 Å². The molecule has 2 aliphatic rings. The van der Waals surface area contributed by atoms with Crippen LogP contribution in [0.4, 0.5) is 20.2 Å². The van der Waals surface area contributed by atoms with Gasteiger partial charge in [-0.3, -0.25) is 0 Å². The number of piperidine rings is 1. The summed E-state index contributed by atoms with van der Waals surface area (Å²) in [4.78, 5) is 4.55. The monoisotopic (exact) mass is 295 g/mol. The van der Waals surface area contributed by atoms with Gasteiger partial charge in [-0.1, -0.05) is 0 Å². The number of halogens is 2. The van der Waals surface area contributed by atoms with Crippen LogP contribution >= 0.6 is 0 Å². The number of hydrogen-bond acceptors (Lipinski definition) is 3. The average molecular weight is 295 g/mol. The van der Waals surface area contributed by atoms with E-state index < -0.39 is 11.6 Å². The lowest BCUT2D eigenvalue weighted by atomic mass is 9.95. The molecule has 1 aromatic rings. The largest absolute Gasteiger partial charge is 0.395 e. The van der Waals surface area contributed by atoms with Crippen molar-refractivity contribution < 1.29 is 8.78 Å². The number of hydrogen-bond donors (Lipinski definition) is 1. The minimum Gasteiger partial charge on any atom is -0.395 e. The molecule has 0 spiro atoms. The van der Waals surface area contributed by atoms with Gasteiger partial charge in [0.1, 0.15) is 5.82 Å². The molecule has 0 aromatic heterocycles. The molecule has 3 nitrogen and oxygen atoms in total. The molecule has 3 rings (SSSR count). The van der Waals surface area contributed by atoms with Crippen molar-refractivity contribution in [1.82, 2.24) is 4.90 Å². The van der Waals surface area contributed by atoms with Crippen LogP contribution in [-0.4, -0.2) is 37.6 Å². The number of nitrogen functional groups attached to an aromatic ring is 1. The predicted octanol–water partition coefficient (Wildman–Crippen LogP) is 2.86. The zero-order valence-corrected chi connectivity index (χ0v) is 12.3. The molecule has 116 valence electrons. The van der Waals surface area contributed by atoms with E-state index in [2.05, 4.69) is 4.90 Å². The molecule has 0 saturated carbocycles. The van der Waals surface area contributed by atoms with Gasteiger partial charge in [-0.15, -0.1) is 0 Å². The number of likely N-dealkylation sites (tertiary alicyclic amines) is 1. The van der Waals surface area contributed by atoms with E-state index in [4.69, 9.17) is 5.73 Å². The molecule has 2 saturated heterocycles. The van der Waals surface area contributed by atoms with E-state index in [0.717, 1.165) is 32.0 Å². The Labute approximate surface area is 124 Å². The van der Waals surface area contributed by atoms with Crippen molar-refractivity contribution in [2.24, 2.45) is 5.92 Å². The first-order valence-electron chi connectivity index (χ1n) is 7.85. The van der Waals surface area contributed by atoms with E-state index in [-0.39, 0.29) is 5.69 Å². The normalized spacial score (nSPS) is 21.1. The quantitative estimate of drug-likeness (QED) is 0.870. The molecule has 2 N–H and O–H groups in total. The minimum atomic E-state index is -0.663. The first-order valence-corrected chi connectivity index (χ1v) is 7.85. The molecule has 0 radical (unpaired) electrons.